The molecular weight excluding hydrogens is 450 g/mol. The van der Waals surface area contributed by atoms with Crippen LogP contribution in [0.2, 0.25) is 0 Å². The first kappa shape index (κ1) is 26.7. The van der Waals surface area contributed by atoms with Gasteiger partial charge in [-0.05, 0) is 44.0 Å². The van der Waals surface area contributed by atoms with Crippen LogP contribution in [-0.4, -0.2) is 75.5 Å². The van der Waals surface area contributed by atoms with Crippen molar-refractivity contribution in [3.8, 4) is 11.4 Å². The third-order valence-corrected chi connectivity index (χ3v) is 6.44. The van der Waals surface area contributed by atoms with E-state index in [2.05, 4.69) is 5.32 Å². The predicted molar refractivity (Wildman–Crippen MR) is 134 cm³/mol. The van der Waals surface area contributed by atoms with E-state index in [9.17, 15) is 25.2 Å². The molecule has 35 heavy (non-hydrogen) atoms. The third-order valence-electron chi connectivity index (χ3n) is 6.44. The first-order valence-electron chi connectivity index (χ1n) is 11.6. The first-order valence-corrected chi connectivity index (χ1v) is 11.6. The number of carbonyl (C=O) groups excluding carboxylic acids is 1. The highest BCUT2D eigenvalue weighted by atomic mass is 16.5. The van der Waals surface area contributed by atoms with E-state index < -0.39 is 37.4 Å². The summed E-state index contributed by atoms with van der Waals surface area (Å²) in [6.45, 7) is 4.29. The number of aryl methyl sites for hydroxylation is 2. The van der Waals surface area contributed by atoms with E-state index in [1.165, 1.54) is 0 Å². The summed E-state index contributed by atoms with van der Waals surface area (Å²) in [5, 5.41) is 42.2. The Morgan fingerprint density at radius 2 is 1.77 bits per heavy atom. The minimum Gasteiger partial charge on any atom is -0.491 e. The molecule has 0 fully saturated rings. The van der Waals surface area contributed by atoms with Gasteiger partial charge in [0.2, 0.25) is 0 Å². The molecular formula is C26H35N3O6. The first-order chi connectivity index (χ1) is 16.7. The lowest BCUT2D eigenvalue weighted by Gasteiger charge is -2.30. The number of β-amino-alcohol motifs (C(OH)–C–C–N with tert-alkyl or cyclic N) is 1. The van der Waals surface area contributed by atoms with Gasteiger partial charge in [-0.1, -0.05) is 25.1 Å². The SMILES string of the molecule is CCc1c(OCC(O)CNC(CO)(CO)CO)ccc2c1c(C(N)=O)c(C)n2-c1ccccc1C. The van der Waals surface area contributed by atoms with Crippen LogP contribution < -0.4 is 15.8 Å². The molecule has 0 bridgehead atoms. The summed E-state index contributed by atoms with van der Waals surface area (Å²) in [7, 11) is 0. The number of hydrogen-bond donors (Lipinski definition) is 6. The molecule has 0 spiro atoms. The van der Waals surface area contributed by atoms with Gasteiger partial charge >= 0.3 is 0 Å². The molecule has 0 saturated heterocycles. The Kier molecular flexibility index (Phi) is 8.52. The molecule has 1 heterocycles. The van der Waals surface area contributed by atoms with Crippen molar-refractivity contribution in [1.82, 2.24) is 9.88 Å². The number of amides is 1. The molecule has 1 amide bonds. The Morgan fingerprint density at radius 3 is 2.34 bits per heavy atom. The Labute approximate surface area is 204 Å². The summed E-state index contributed by atoms with van der Waals surface area (Å²) in [6.07, 6.45) is -0.408. The van der Waals surface area contributed by atoms with Crippen LogP contribution in [0.5, 0.6) is 5.75 Å². The number of aliphatic hydroxyl groups excluding tert-OH is 4. The quantitative estimate of drug-likeness (QED) is 0.224. The third kappa shape index (κ3) is 5.19. The van der Waals surface area contributed by atoms with Crippen molar-refractivity contribution in [3.63, 3.8) is 0 Å². The van der Waals surface area contributed by atoms with Crippen molar-refractivity contribution < 1.29 is 30.0 Å². The van der Waals surface area contributed by atoms with Crippen molar-refractivity contribution >= 4 is 16.8 Å². The van der Waals surface area contributed by atoms with E-state index in [0.29, 0.717) is 17.7 Å². The second-order valence-electron chi connectivity index (χ2n) is 8.84. The van der Waals surface area contributed by atoms with Crippen LogP contribution in [0.4, 0.5) is 0 Å². The second kappa shape index (κ2) is 11.2. The number of rotatable bonds is 12. The van der Waals surface area contributed by atoms with Crippen molar-refractivity contribution in [2.45, 2.75) is 38.8 Å². The summed E-state index contributed by atoms with van der Waals surface area (Å²) in [4.78, 5) is 12.5. The maximum atomic E-state index is 12.5. The van der Waals surface area contributed by atoms with Crippen LogP contribution >= 0.6 is 0 Å². The Balaban J connectivity index is 1.97. The highest BCUT2D eigenvalue weighted by Crippen LogP contribution is 2.37. The zero-order chi connectivity index (χ0) is 25.8. The number of fused-ring (bicyclic) bond motifs is 1. The van der Waals surface area contributed by atoms with E-state index >= 15 is 0 Å². The minimum atomic E-state index is -1.29. The monoisotopic (exact) mass is 485 g/mol. The van der Waals surface area contributed by atoms with Gasteiger partial charge < -0.3 is 40.8 Å². The van der Waals surface area contributed by atoms with Crippen LogP contribution in [0.3, 0.4) is 0 Å². The van der Waals surface area contributed by atoms with Gasteiger partial charge in [-0.25, -0.2) is 0 Å². The van der Waals surface area contributed by atoms with E-state index in [4.69, 9.17) is 10.5 Å². The molecule has 0 saturated carbocycles. The van der Waals surface area contributed by atoms with E-state index in [-0.39, 0.29) is 13.2 Å². The number of carbonyl (C=O) groups is 1. The molecule has 0 aliphatic carbocycles. The number of hydrogen-bond acceptors (Lipinski definition) is 7. The van der Waals surface area contributed by atoms with Crippen molar-refractivity contribution in [1.29, 1.82) is 0 Å². The van der Waals surface area contributed by atoms with Crippen LogP contribution in [0.1, 0.15) is 34.1 Å². The Morgan fingerprint density at radius 1 is 1.11 bits per heavy atom. The van der Waals surface area contributed by atoms with Crippen LogP contribution in [0, 0.1) is 13.8 Å². The van der Waals surface area contributed by atoms with Gasteiger partial charge in [0, 0.05) is 28.9 Å². The highest BCUT2D eigenvalue weighted by Gasteiger charge is 2.28. The number of nitrogens with zero attached hydrogens (tertiary/aromatic N) is 1. The number of primary amides is 1. The van der Waals surface area contributed by atoms with Crippen LogP contribution in [0.15, 0.2) is 36.4 Å². The predicted octanol–water partition coefficient (Wildman–Crippen LogP) is 0.954. The highest BCUT2D eigenvalue weighted by molar-refractivity contribution is 6.10. The van der Waals surface area contributed by atoms with E-state index in [0.717, 1.165) is 33.4 Å². The fraction of sp³-hybridized carbons (Fsp3) is 0.423. The average Bonchev–Trinajstić information content (AvgIpc) is 3.15. The molecule has 190 valence electrons. The molecule has 3 rings (SSSR count). The maximum Gasteiger partial charge on any atom is 0.251 e. The van der Waals surface area contributed by atoms with Crippen LogP contribution in [-0.2, 0) is 6.42 Å². The van der Waals surface area contributed by atoms with Gasteiger partial charge in [0.1, 0.15) is 18.5 Å². The molecule has 1 unspecified atom stereocenters. The molecule has 9 nitrogen and oxygen atoms in total. The summed E-state index contributed by atoms with van der Waals surface area (Å²) in [5.74, 6) is 0.00508. The minimum absolute atomic E-state index is 0.0132. The Hall–Kier alpha value is -2.95. The standard InChI is InChI=1S/C26H35N3O6/c1-4-19-22(35-12-18(33)11-28-26(13-30,14-31)15-32)10-9-21-24(19)23(25(27)34)17(3)29(21)20-8-6-5-7-16(20)2/h5-10,18,28,30-33H,4,11-15H2,1-3H3,(H2,27,34). The molecule has 0 aliphatic rings. The summed E-state index contributed by atoms with van der Waals surface area (Å²) in [6, 6.07) is 11.6. The molecule has 3 aromatic rings. The largest absolute Gasteiger partial charge is 0.491 e. The molecule has 2 aromatic carbocycles. The lowest BCUT2D eigenvalue weighted by atomic mass is 10.0. The number of nitrogens with two attached hydrogens (primary N) is 1. The van der Waals surface area contributed by atoms with Crippen LogP contribution in [0.25, 0.3) is 16.6 Å². The molecule has 0 aliphatic heterocycles. The molecule has 0 radical (unpaired) electrons. The number of nitrogens with one attached hydrogen (secondary N) is 1. The second-order valence-corrected chi connectivity index (χ2v) is 8.84. The summed E-state index contributed by atoms with van der Waals surface area (Å²) >= 11 is 0. The normalized spacial score (nSPS) is 12.8. The zero-order valence-corrected chi connectivity index (χ0v) is 20.4. The lowest BCUT2D eigenvalue weighted by molar-refractivity contribution is 0.0260. The number of aliphatic hydroxyl groups is 4. The molecule has 7 N–H and O–H groups in total. The smallest absolute Gasteiger partial charge is 0.251 e. The fourth-order valence-electron chi connectivity index (χ4n) is 4.36. The number of ether oxygens (including phenoxy) is 1. The van der Waals surface area contributed by atoms with Gasteiger partial charge in [0.15, 0.2) is 0 Å². The maximum absolute atomic E-state index is 12.5. The molecule has 9 heteroatoms. The summed E-state index contributed by atoms with van der Waals surface area (Å²) < 4.78 is 7.97. The van der Waals surface area contributed by atoms with Gasteiger partial charge in [-0.2, -0.15) is 0 Å². The zero-order valence-electron chi connectivity index (χ0n) is 20.4. The van der Waals surface area contributed by atoms with Gasteiger partial charge in [-0.15, -0.1) is 0 Å². The summed E-state index contributed by atoms with van der Waals surface area (Å²) in [5.41, 5.74) is 9.38. The molecule has 1 atom stereocenters. The van der Waals surface area contributed by atoms with Gasteiger partial charge in [-0.3, -0.25) is 4.79 Å². The topological polar surface area (TPSA) is 150 Å². The fourth-order valence-corrected chi connectivity index (χ4v) is 4.36. The Bertz CT molecular complexity index is 1180. The van der Waals surface area contributed by atoms with Crippen molar-refractivity contribution in [3.05, 3.63) is 58.8 Å². The molecule has 1 aromatic heterocycles. The van der Waals surface area contributed by atoms with Gasteiger partial charge in [0.05, 0.1) is 36.4 Å². The van der Waals surface area contributed by atoms with Crippen molar-refractivity contribution in [2.24, 2.45) is 5.73 Å². The number of aromatic nitrogens is 1. The lowest BCUT2D eigenvalue weighted by Crippen LogP contribution is -2.57. The van der Waals surface area contributed by atoms with Gasteiger partial charge in [0.25, 0.3) is 5.91 Å². The van der Waals surface area contributed by atoms with E-state index in [1.807, 2.05) is 61.7 Å². The average molecular weight is 486 g/mol. The van der Waals surface area contributed by atoms with Crippen molar-refractivity contribution in [2.75, 3.05) is 33.0 Å². The number of benzene rings is 2. The van der Waals surface area contributed by atoms with E-state index in [1.54, 1.807) is 0 Å². The number of para-hydroxylation sites is 1.